The lowest BCUT2D eigenvalue weighted by Gasteiger charge is -2.18. The van der Waals surface area contributed by atoms with Crippen molar-refractivity contribution in [3.05, 3.63) is 17.6 Å². The van der Waals surface area contributed by atoms with Crippen molar-refractivity contribution in [3.8, 4) is 0 Å². The van der Waals surface area contributed by atoms with E-state index < -0.39 is 5.60 Å². The Kier molecular flexibility index (Phi) is 4.37. The third-order valence-electron chi connectivity index (χ3n) is 3.35. The first-order chi connectivity index (χ1) is 8.98. The Hall–Kier alpha value is -1.20. The van der Waals surface area contributed by atoms with Crippen molar-refractivity contribution < 1.29 is 5.11 Å². The largest absolute Gasteiger partial charge is 0.389 e. The van der Waals surface area contributed by atoms with Gasteiger partial charge in [-0.05, 0) is 26.7 Å². The van der Waals surface area contributed by atoms with Crippen molar-refractivity contribution in [2.45, 2.75) is 45.8 Å². The third kappa shape index (κ3) is 4.14. The Morgan fingerprint density at radius 1 is 1.47 bits per heavy atom. The molecule has 1 atom stereocenters. The van der Waals surface area contributed by atoms with Crippen LogP contribution in [0.2, 0.25) is 0 Å². The second-order valence-corrected chi connectivity index (χ2v) is 5.70. The lowest BCUT2D eigenvalue weighted by atomic mass is 10.1. The molecule has 1 aromatic rings. The fraction of sp³-hybridized carbons (Fsp3) is 0.714. The summed E-state index contributed by atoms with van der Waals surface area (Å²) in [5.41, 5.74) is 0.419. The fourth-order valence-electron chi connectivity index (χ4n) is 2.42. The summed E-state index contributed by atoms with van der Waals surface area (Å²) < 4.78 is 0. The highest BCUT2D eigenvalue weighted by molar-refractivity contribution is 5.35. The van der Waals surface area contributed by atoms with E-state index in [-0.39, 0.29) is 0 Å². The molecule has 0 saturated carbocycles. The van der Waals surface area contributed by atoms with Gasteiger partial charge in [-0.1, -0.05) is 6.92 Å². The van der Waals surface area contributed by atoms with Crippen LogP contribution in [0.15, 0.2) is 6.07 Å². The van der Waals surface area contributed by atoms with Crippen LogP contribution in [0.4, 0.5) is 5.82 Å². The lowest BCUT2D eigenvalue weighted by Crippen LogP contribution is -2.30. The molecule has 2 heterocycles. The number of nitrogens with zero attached hydrogens (tertiary/aromatic N) is 3. The Bertz CT molecular complexity index is 433. The van der Waals surface area contributed by atoms with Gasteiger partial charge in [0.05, 0.1) is 12.1 Å². The van der Waals surface area contributed by atoms with Crippen LogP contribution >= 0.6 is 0 Å². The van der Waals surface area contributed by atoms with Gasteiger partial charge in [0.25, 0.3) is 0 Å². The fourth-order valence-corrected chi connectivity index (χ4v) is 2.42. The summed E-state index contributed by atoms with van der Waals surface area (Å²) in [6.07, 6.45) is 1.90. The quantitative estimate of drug-likeness (QED) is 0.845. The first kappa shape index (κ1) is 14.2. The molecule has 19 heavy (non-hydrogen) atoms. The second-order valence-electron chi connectivity index (χ2n) is 5.70. The maximum Gasteiger partial charge on any atom is 0.144 e. The van der Waals surface area contributed by atoms with Crippen molar-refractivity contribution in [2.75, 3.05) is 25.0 Å². The number of aryl methyl sites for hydroxylation is 1. The molecule has 5 nitrogen and oxygen atoms in total. The van der Waals surface area contributed by atoms with E-state index in [0.717, 1.165) is 43.3 Å². The number of likely N-dealkylation sites (tertiary alicyclic amines) is 1. The Labute approximate surface area is 115 Å². The zero-order valence-corrected chi connectivity index (χ0v) is 12.1. The molecule has 2 N–H and O–H groups in total. The van der Waals surface area contributed by atoms with Crippen LogP contribution in [0.5, 0.6) is 0 Å². The highest BCUT2D eigenvalue weighted by Gasteiger charge is 2.31. The Morgan fingerprint density at radius 2 is 2.26 bits per heavy atom. The van der Waals surface area contributed by atoms with E-state index in [0.29, 0.717) is 13.1 Å². The number of aromatic nitrogens is 2. The van der Waals surface area contributed by atoms with Gasteiger partial charge >= 0.3 is 0 Å². The number of aliphatic hydroxyl groups is 1. The number of β-amino-alcohol motifs (C(OH)–C–C–N with tert-alkyl or cyclic N) is 1. The van der Waals surface area contributed by atoms with E-state index in [1.165, 1.54) is 0 Å². The lowest BCUT2D eigenvalue weighted by molar-refractivity contribution is 0.0676. The van der Waals surface area contributed by atoms with Crippen LogP contribution in [0.1, 0.15) is 38.2 Å². The van der Waals surface area contributed by atoms with Gasteiger partial charge in [0, 0.05) is 31.4 Å². The number of nitrogens with one attached hydrogen (secondary N) is 1. The molecule has 0 spiro atoms. The first-order valence-corrected chi connectivity index (χ1v) is 7.02. The highest BCUT2D eigenvalue weighted by Crippen LogP contribution is 2.21. The third-order valence-corrected chi connectivity index (χ3v) is 3.35. The average molecular weight is 264 g/mol. The minimum atomic E-state index is -0.562. The van der Waals surface area contributed by atoms with Crippen LogP contribution < -0.4 is 5.32 Å². The predicted octanol–water partition coefficient (Wildman–Crippen LogP) is 1.56. The van der Waals surface area contributed by atoms with E-state index >= 15 is 0 Å². The molecule has 1 saturated heterocycles. The van der Waals surface area contributed by atoms with E-state index in [1.54, 1.807) is 0 Å². The molecule has 1 unspecified atom stereocenters. The summed E-state index contributed by atoms with van der Waals surface area (Å²) in [5, 5.41) is 13.3. The van der Waals surface area contributed by atoms with Crippen molar-refractivity contribution in [2.24, 2.45) is 0 Å². The van der Waals surface area contributed by atoms with Gasteiger partial charge in [-0.15, -0.1) is 0 Å². The molecule has 1 aliphatic heterocycles. The van der Waals surface area contributed by atoms with Crippen molar-refractivity contribution in [1.29, 1.82) is 0 Å². The molecule has 0 radical (unpaired) electrons. The molecular weight excluding hydrogens is 240 g/mol. The smallest absolute Gasteiger partial charge is 0.144 e. The van der Waals surface area contributed by atoms with Crippen LogP contribution in [0, 0.1) is 6.92 Å². The van der Waals surface area contributed by atoms with E-state index in [2.05, 4.69) is 27.1 Å². The van der Waals surface area contributed by atoms with E-state index in [9.17, 15) is 5.11 Å². The molecule has 1 fully saturated rings. The molecule has 0 aromatic carbocycles. The molecule has 2 rings (SSSR count). The maximum atomic E-state index is 9.97. The first-order valence-electron chi connectivity index (χ1n) is 7.02. The van der Waals surface area contributed by atoms with Crippen molar-refractivity contribution in [3.63, 3.8) is 0 Å². The zero-order valence-electron chi connectivity index (χ0n) is 12.1. The minimum Gasteiger partial charge on any atom is -0.389 e. The molecular formula is C14H24N4O. The summed E-state index contributed by atoms with van der Waals surface area (Å²) >= 11 is 0. The average Bonchev–Trinajstić information content (AvgIpc) is 2.65. The standard InChI is InChI=1S/C14H24N4O/c1-4-6-15-12-8-11(2)16-13(17-12)9-18-7-5-14(3,19)10-18/h8,19H,4-7,9-10H2,1-3H3,(H,15,16,17). The zero-order chi connectivity index (χ0) is 13.9. The molecule has 1 aromatic heterocycles. The monoisotopic (exact) mass is 264 g/mol. The van der Waals surface area contributed by atoms with Crippen LogP contribution in [0.25, 0.3) is 0 Å². The van der Waals surface area contributed by atoms with Crippen molar-refractivity contribution in [1.82, 2.24) is 14.9 Å². The van der Waals surface area contributed by atoms with E-state index in [1.807, 2.05) is 19.9 Å². The van der Waals surface area contributed by atoms with E-state index in [4.69, 9.17) is 0 Å². The molecule has 1 aliphatic rings. The van der Waals surface area contributed by atoms with Crippen molar-refractivity contribution >= 4 is 5.82 Å². The molecule has 5 heteroatoms. The topological polar surface area (TPSA) is 61.3 Å². The summed E-state index contributed by atoms with van der Waals surface area (Å²) in [6.45, 7) is 9.24. The second kappa shape index (κ2) is 5.84. The Balaban J connectivity index is 2.02. The van der Waals surface area contributed by atoms with Gasteiger partial charge in [0.2, 0.25) is 0 Å². The van der Waals surface area contributed by atoms with Gasteiger partial charge in [-0.2, -0.15) is 0 Å². The summed E-state index contributed by atoms with van der Waals surface area (Å²) in [4.78, 5) is 11.2. The normalized spacial score (nSPS) is 23.8. The molecule has 0 bridgehead atoms. The van der Waals surface area contributed by atoms with Crippen LogP contribution in [-0.4, -0.2) is 45.2 Å². The Morgan fingerprint density at radius 3 is 2.89 bits per heavy atom. The van der Waals surface area contributed by atoms with Gasteiger partial charge in [-0.3, -0.25) is 4.90 Å². The number of rotatable bonds is 5. The summed E-state index contributed by atoms with van der Waals surface area (Å²) in [5.74, 6) is 1.73. The predicted molar refractivity (Wildman–Crippen MR) is 76.1 cm³/mol. The number of anilines is 1. The summed E-state index contributed by atoms with van der Waals surface area (Å²) in [7, 11) is 0. The van der Waals surface area contributed by atoms with Gasteiger partial charge in [0.1, 0.15) is 11.6 Å². The SMILES string of the molecule is CCCNc1cc(C)nc(CN2CCC(C)(O)C2)n1. The van der Waals surface area contributed by atoms with Crippen LogP contribution in [0.3, 0.4) is 0 Å². The molecule has 106 valence electrons. The van der Waals surface area contributed by atoms with Gasteiger partial charge in [0.15, 0.2) is 0 Å². The number of hydrogen-bond acceptors (Lipinski definition) is 5. The van der Waals surface area contributed by atoms with Crippen LogP contribution in [-0.2, 0) is 6.54 Å². The maximum absolute atomic E-state index is 9.97. The summed E-state index contributed by atoms with van der Waals surface area (Å²) in [6, 6.07) is 1.97. The molecule has 0 aliphatic carbocycles. The highest BCUT2D eigenvalue weighted by atomic mass is 16.3. The van der Waals surface area contributed by atoms with Gasteiger partial charge in [-0.25, -0.2) is 9.97 Å². The van der Waals surface area contributed by atoms with Gasteiger partial charge < -0.3 is 10.4 Å². The molecule has 0 amide bonds. The number of hydrogen-bond donors (Lipinski definition) is 2. The minimum absolute atomic E-state index is 0.562.